The first-order valence-corrected chi connectivity index (χ1v) is 7.84. The van der Waals surface area contributed by atoms with Gasteiger partial charge in [0.15, 0.2) is 11.5 Å². The molecule has 1 aromatic carbocycles. The van der Waals surface area contributed by atoms with Gasteiger partial charge in [0, 0.05) is 30.0 Å². The number of rotatable bonds is 4. The lowest BCUT2D eigenvalue weighted by molar-refractivity contribution is 0.296. The summed E-state index contributed by atoms with van der Waals surface area (Å²) in [6.45, 7) is 5.31. The normalized spacial score (nSPS) is 14.1. The van der Waals surface area contributed by atoms with Crippen molar-refractivity contribution < 1.29 is 9.47 Å². The number of fused-ring (bicyclic) bond motifs is 1. The van der Waals surface area contributed by atoms with E-state index in [1.165, 1.54) is 16.0 Å². The monoisotopic (exact) mass is 289 g/mol. The molecule has 1 aromatic heterocycles. The molecule has 1 aliphatic heterocycles. The lowest BCUT2D eigenvalue weighted by Crippen LogP contribution is -2.13. The Morgan fingerprint density at radius 2 is 2.05 bits per heavy atom. The van der Waals surface area contributed by atoms with Crippen LogP contribution in [0.25, 0.3) is 0 Å². The Labute approximate surface area is 123 Å². The smallest absolute Gasteiger partial charge is 0.165 e. The average molecular weight is 289 g/mol. The zero-order chi connectivity index (χ0) is 13.8. The third-order valence-electron chi connectivity index (χ3n) is 3.42. The summed E-state index contributed by atoms with van der Waals surface area (Å²) in [5.41, 5.74) is 2.52. The van der Waals surface area contributed by atoms with E-state index in [4.69, 9.17) is 9.47 Å². The minimum absolute atomic E-state index is 0.730. The molecule has 0 spiro atoms. The molecule has 20 heavy (non-hydrogen) atoms. The van der Waals surface area contributed by atoms with E-state index >= 15 is 0 Å². The van der Waals surface area contributed by atoms with E-state index in [1.807, 2.05) is 12.1 Å². The van der Waals surface area contributed by atoms with Gasteiger partial charge in [-0.3, -0.25) is 0 Å². The van der Waals surface area contributed by atoms with Crippen LogP contribution in [0.15, 0.2) is 29.6 Å². The number of nitrogens with one attached hydrogen (secondary N) is 1. The van der Waals surface area contributed by atoms with Crippen molar-refractivity contribution in [2.24, 2.45) is 0 Å². The van der Waals surface area contributed by atoms with E-state index in [9.17, 15) is 0 Å². The zero-order valence-electron chi connectivity index (χ0n) is 11.6. The number of para-hydroxylation sites is 1. The van der Waals surface area contributed by atoms with Crippen molar-refractivity contribution in [3.8, 4) is 11.5 Å². The zero-order valence-corrected chi connectivity index (χ0v) is 12.5. The lowest BCUT2D eigenvalue weighted by atomic mass is 10.2. The van der Waals surface area contributed by atoms with Gasteiger partial charge in [0.25, 0.3) is 0 Å². The second-order valence-corrected chi connectivity index (χ2v) is 5.93. The molecular formula is C16H19NO2S. The fourth-order valence-corrected chi connectivity index (χ4v) is 3.16. The first-order chi connectivity index (χ1) is 9.84. The first-order valence-electron chi connectivity index (χ1n) is 6.96. The molecule has 0 radical (unpaired) electrons. The molecule has 3 rings (SSSR count). The van der Waals surface area contributed by atoms with Gasteiger partial charge >= 0.3 is 0 Å². The highest BCUT2D eigenvalue weighted by Gasteiger charge is 2.14. The molecule has 2 aromatic rings. The molecule has 0 saturated carbocycles. The predicted octanol–water partition coefficient (Wildman–Crippen LogP) is 3.51. The minimum atomic E-state index is 0.730. The van der Waals surface area contributed by atoms with Crippen LogP contribution < -0.4 is 14.8 Å². The Morgan fingerprint density at radius 1 is 1.15 bits per heavy atom. The summed E-state index contributed by atoms with van der Waals surface area (Å²) in [6.07, 6.45) is 0.940. The van der Waals surface area contributed by atoms with Gasteiger partial charge in [-0.1, -0.05) is 12.1 Å². The fraction of sp³-hybridized carbons (Fsp3) is 0.375. The number of benzene rings is 1. The third kappa shape index (κ3) is 2.97. The average Bonchev–Trinajstić information content (AvgIpc) is 2.73. The van der Waals surface area contributed by atoms with Gasteiger partial charge in [-0.2, -0.15) is 0 Å². The molecule has 0 bridgehead atoms. The molecular weight excluding hydrogens is 270 g/mol. The van der Waals surface area contributed by atoms with Crippen LogP contribution in [-0.4, -0.2) is 13.2 Å². The molecule has 0 unspecified atom stereocenters. The minimum Gasteiger partial charge on any atom is -0.490 e. The van der Waals surface area contributed by atoms with Crippen molar-refractivity contribution in [1.82, 2.24) is 5.32 Å². The summed E-state index contributed by atoms with van der Waals surface area (Å²) in [5.74, 6) is 1.77. The Bertz CT molecular complexity index is 580. The van der Waals surface area contributed by atoms with Crippen molar-refractivity contribution in [3.63, 3.8) is 0 Å². The fourth-order valence-electron chi connectivity index (χ4n) is 2.29. The van der Waals surface area contributed by atoms with Crippen molar-refractivity contribution in [2.45, 2.75) is 26.4 Å². The maximum atomic E-state index is 5.83. The maximum Gasteiger partial charge on any atom is 0.165 e. The SMILES string of the molecule is Cc1ccsc1CNCc1cccc2c1OCCCO2. The summed E-state index contributed by atoms with van der Waals surface area (Å²) in [4.78, 5) is 1.39. The van der Waals surface area contributed by atoms with Gasteiger partial charge in [-0.05, 0) is 30.0 Å². The highest BCUT2D eigenvalue weighted by atomic mass is 32.1. The molecule has 0 atom stereocenters. The molecule has 2 heterocycles. The maximum absolute atomic E-state index is 5.83. The van der Waals surface area contributed by atoms with Crippen LogP contribution in [0.1, 0.15) is 22.4 Å². The molecule has 106 valence electrons. The van der Waals surface area contributed by atoms with E-state index in [2.05, 4.69) is 29.8 Å². The van der Waals surface area contributed by atoms with Gasteiger partial charge in [-0.15, -0.1) is 11.3 Å². The van der Waals surface area contributed by atoms with Gasteiger partial charge in [0.05, 0.1) is 13.2 Å². The molecule has 1 aliphatic rings. The Morgan fingerprint density at radius 3 is 2.90 bits per heavy atom. The summed E-state index contributed by atoms with van der Waals surface area (Å²) in [5, 5.41) is 5.63. The Hall–Kier alpha value is -1.52. The molecule has 0 amide bonds. The number of hydrogen-bond donors (Lipinski definition) is 1. The van der Waals surface area contributed by atoms with Crippen LogP contribution in [0.4, 0.5) is 0 Å². The molecule has 0 fully saturated rings. The van der Waals surface area contributed by atoms with Crippen molar-refractivity contribution >= 4 is 11.3 Å². The first kappa shape index (κ1) is 13.5. The molecule has 0 aliphatic carbocycles. The topological polar surface area (TPSA) is 30.5 Å². The second kappa shape index (κ2) is 6.29. The van der Waals surface area contributed by atoms with E-state index in [-0.39, 0.29) is 0 Å². The van der Waals surface area contributed by atoms with Gasteiger partial charge in [0.2, 0.25) is 0 Å². The third-order valence-corrected chi connectivity index (χ3v) is 4.45. The molecule has 3 nitrogen and oxygen atoms in total. The number of ether oxygens (including phenoxy) is 2. The highest BCUT2D eigenvalue weighted by molar-refractivity contribution is 7.10. The summed E-state index contributed by atoms with van der Waals surface area (Å²) in [6, 6.07) is 8.27. The van der Waals surface area contributed by atoms with E-state index in [0.29, 0.717) is 0 Å². The van der Waals surface area contributed by atoms with Crippen LogP contribution in [0.3, 0.4) is 0 Å². The van der Waals surface area contributed by atoms with E-state index < -0.39 is 0 Å². The van der Waals surface area contributed by atoms with Crippen molar-refractivity contribution in [1.29, 1.82) is 0 Å². The largest absolute Gasteiger partial charge is 0.490 e. The predicted molar refractivity (Wildman–Crippen MR) is 81.6 cm³/mol. The number of aryl methyl sites for hydroxylation is 1. The number of thiophene rings is 1. The standard InChI is InChI=1S/C16H19NO2S/c1-12-6-9-20-15(12)11-17-10-13-4-2-5-14-16(13)19-8-3-7-18-14/h2,4-6,9,17H,3,7-8,10-11H2,1H3. The quantitative estimate of drug-likeness (QED) is 0.934. The molecule has 4 heteroatoms. The Balaban J connectivity index is 1.67. The van der Waals surface area contributed by atoms with Crippen LogP contribution in [-0.2, 0) is 13.1 Å². The number of hydrogen-bond acceptors (Lipinski definition) is 4. The summed E-state index contributed by atoms with van der Waals surface area (Å²) >= 11 is 1.80. The summed E-state index contributed by atoms with van der Waals surface area (Å²) < 4.78 is 11.5. The van der Waals surface area contributed by atoms with E-state index in [1.54, 1.807) is 11.3 Å². The second-order valence-electron chi connectivity index (χ2n) is 4.93. The van der Waals surface area contributed by atoms with Gasteiger partial charge < -0.3 is 14.8 Å². The van der Waals surface area contributed by atoms with Crippen LogP contribution in [0.2, 0.25) is 0 Å². The lowest BCUT2D eigenvalue weighted by Gasteiger charge is -2.13. The van der Waals surface area contributed by atoms with Crippen LogP contribution in [0.5, 0.6) is 11.5 Å². The van der Waals surface area contributed by atoms with Gasteiger partial charge in [-0.25, -0.2) is 0 Å². The molecule has 0 saturated heterocycles. The van der Waals surface area contributed by atoms with Crippen molar-refractivity contribution in [2.75, 3.05) is 13.2 Å². The molecule has 1 N–H and O–H groups in total. The Kier molecular flexibility index (Phi) is 4.23. The van der Waals surface area contributed by atoms with Gasteiger partial charge in [0.1, 0.15) is 0 Å². The van der Waals surface area contributed by atoms with E-state index in [0.717, 1.165) is 44.2 Å². The van der Waals surface area contributed by atoms with Crippen LogP contribution >= 0.6 is 11.3 Å². The highest BCUT2D eigenvalue weighted by Crippen LogP contribution is 2.33. The van der Waals surface area contributed by atoms with Crippen LogP contribution in [0, 0.1) is 6.92 Å². The van der Waals surface area contributed by atoms with Crippen molar-refractivity contribution in [3.05, 3.63) is 45.6 Å². The summed E-state index contributed by atoms with van der Waals surface area (Å²) in [7, 11) is 0.